The Kier molecular flexibility index (Phi) is 6.96. The van der Waals surface area contributed by atoms with Crippen molar-refractivity contribution in [3.05, 3.63) is 28.7 Å². The van der Waals surface area contributed by atoms with Gasteiger partial charge in [0, 0.05) is 23.7 Å². The van der Waals surface area contributed by atoms with E-state index in [1.165, 1.54) is 0 Å². The molecule has 1 unspecified atom stereocenters. The highest BCUT2D eigenvalue weighted by molar-refractivity contribution is 8.18. The minimum absolute atomic E-state index is 0.0151. The molecule has 0 radical (unpaired) electrons. The summed E-state index contributed by atoms with van der Waals surface area (Å²) in [4.78, 5) is 38.9. The molecule has 1 aromatic rings. The predicted molar refractivity (Wildman–Crippen MR) is 120 cm³/mol. The van der Waals surface area contributed by atoms with Crippen LogP contribution in [-0.4, -0.2) is 52.9 Å². The molecule has 3 rings (SSSR count). The maximum atomic E-state index is 13.4. The van der Waals surface area contributed by atoms with Crippen LogP contribution < -0.4 is 20.1 Å². The van der Waals surface area contributed by atoms with Gasteiger partial charge in [0.2, 0.25) is 0 Å². The van der Waals surface area contributed by atoms with Gasteiger partial charge in [-0.1, -0.05) is 12.1 Å². The van der Waals surface area contributed by atoms with Crippen LogP contribution >= 0.6 is 11.8 Å². The molecule has 168 valence electrons. The van der Waals surface area contributed by atoms with Crippen LogP contribution in [0.4, 0.5) is 9.59 Å². The second-order valence-corrected chi connectivity index (χ2v) is 9.76. The monoisotopic (exact) mass is 447 g/mol. The molecular weight excluding hydrogens is 418 g/mol. The molecule has 2 saturated heterocycles. The van der Waals surface area contributed by atoms with E-state index in [1.54, 1.807) is 29.2 Å². The van der Waals surface area contributed by atoms with Gasteiger partial charge in [-0.2, -0.15) is 0 Å². The summed E-state index contributed by atoms with van der Waals surface area (Å²) in [5.41, 5.74) is 0.0330. The molecule has 8 nitrogen and oxygen atoms in total. The van der Waals surface area contributed by atoms with E-state index in [1.807, 2.05) is 34.6 Å². The van der Waals surface area contributed by atoms with Crippen LogP contribution in [0.5, 0.6) is 11.5 Å². The first-order chi connectivity index (χ1) is 14.6. The summed E-state index contributed by atoms with van der Waals surface area (Å²) in [5, 5.41) is 5.09. The zero-order valence-corrected chi connectivity index (χ0v) is 19.3. The Morgan fingerprint density at radius 1 is 1.29 bits per heavy atom. The van der Waals surface area contributed by atoms with Crippen molar-refractivity contribution >= 4 is 35.1 Å². The number of rotatable bonds is 5. The molecule has 1 aromatic carbocycles. The summed E-state index contributed by atoms with van der Waals surface area (Å²) in [6, 6.07) is 5.21. The van der Waals surface area contributed by atoms with Crippen molar-refractivity contribution in [2.24, 2.45) is 0 Å². The van der Waals surface area contributed by atoms with Crippen LogP contribution in [0.15, 0.2) is 23.1 Å². The molecule has 1 atom stereocenters. The Labute approximate surface area is 186 Å². The number of thioether (sulfide) groups is 1. The molecule has 2 aliphatic heterocycles. The molecular formula is C22H29N3O5S. The third-order valence-corrected chi connectivity index (χ3v) is 5.62. The number of carbonyl (C=O) groups excluding carboxylic acids is 3. The highest BCUT2D eigenvalue weighted by Gasteiger charge is 2.37. The van der Waals surface area contributed by atoms with Gasteiger partial charge in [-0.05, 0) is 71.5 Å². The van der Waals surface area contributed by atoms with Crippen molar-refractivity contribution in [2.45, 2.75) is 58.7 Å². The van der Waals surface area contributed by atoms with Crippen molar-refractivity contribution < 1.29 is 23.9 Å². The molecule has 2 fully saturated rings. The van der Waals surface area contributed by atoms with E-state index in [9.17, 15) is 14.4 Å². The van der Waals surface area contributed by atoms with Gasteiger partial charge in [-0.15, -0.1) is 0 Å². The number of nitrogens with one attached hydrogen (secondary N) is 2. The van der Waals surface area contributed by atoms with Crippen LogP contribution in [0.1, 0.15) is 46.6 Å². The van der Waals surface area contributed by atoms with Gasteiger partial charge in [0.15, 0.2) is 11.5 Å². The van der Waals surface area contributed by atoms with Gasteiger partial charge in [0.25, 0.3) is 11.1 Å². The fraction of sp³-hybridized carbons (Fsp3) is 0.500. The Morgan fingerprint density at radius 3 is 2.58 bits per heavy atom. The van der Waals surface area contributed by atoms with Gasteiger partial charge in [-0.25, -0.2) is 4.79 Å². The lowest BCUT2D eigenvalue weighted by molar-refractivity contribution is -0.115. The van der Waals surface area contributed by atoms with Crippen molar-refractivity contribution in [3.63, 3.8) is 0 Å². The van der Waals surface area contributed by atoms with Gasteiger partial charge in [0.1, 0.15) is 0 Å². The van der Waals surface area contributed by atoms with Crippen molar-refractivity contribution in [2.75, 3.05) is 13.1 Å². The second-order valence-electron chi connectivity index (χ2n) is 8.75. The summed E-state index contributed by atoms with van der Waals surface area (Å²) in [7, 11) is 0. The van der Waals surface area contributed by atoms with E-state index in [2.05, 4.69) is 10.6 Å². The molecule has 0 aromatic heterocycles. The zero-order valence-electron chi connectivity index (χ0n) is 18.5. The maximum absolute atomic E-state index is 13.4. The molecule has 31 heavy (non-hydrogen) atoms. The molecule has 9 heteroatoms. The number of amides is 3. The Balaban J connectivity index is 1.99. The SMILES string of the molecule is CC(C)Oc1cccc(C=C2SC(=O)NC2=O)c1OC(=O)N(C1CCNC1)C(C)(C)C. The fourth-order valence-electron chi connectivity index (χ4n) is 3.63. The van der Waals surface area contributed by atoms with Crippen LogP contribution in [0.25, 0.3) is 6.08 Å². The zero-order chi connectivity index (χ0) is 22.8. The van der Waals surface area contributed by atoms with Crippen LogP contribution in [0.2, 0.25) is 0 Å². The van der Waals surface area contributed by atoms with E-state index in [0.29, 0.717) is 17.9 Å². The Hall–Kier alpha value is -2.52. The van der Waals surface area contributed by atoms with Gasteiger partial charge in [0.05, 0.1) is 11.0 Å². The standard InChI is InChI=1S/C22H29N3O5S/c1-13(2)29-16-8-6-7-14(11-17-19(26)24-20(27)31-17)18(16)30-21(28)25(22(3,4)5)15-9-10-23-12-15/h6-8,11,13,15,23H,9-10,12H2,1-5H3,(H,24,26,27). The first-order valence-corrected chi connectivity index (χ1v) is 11.1. The Bertz CT molecular complexity index is 901. The number of benzene rings is 1. The third-order valence-electron chi connectivity index (χ3n) is 4.81. The number of hydrogen-bond acceptors (Lipinski definition) is 7. The highest BCUT2D eigenvalue weighted by Crippen LogP contribution is 2.37. The summed E-state index contributed by atoms with van der Waals surface area (Å²) in [5.74, 6) is 0.142. The minimum atomic E-state index is -0.486. The predicted octanol–water partition coefficient (Wildman–Crippen LogP) is 3.76. The quantitative estimate of drug-likeness (QED) is 0.664. The van der Waals surface area contributed by atoms with E-state index < -0.39 is 22.8 Å². The number of hydrogen-bond donors (Lipinski definition) is 2. The number of nitrogens with zero attached hydrogens (tertiary/aromatic N) is 1. The summed E-state index contributed by atoms with van der Waals surface area (Å²) >= 11 is 0.808. The summed E-state index contributed by atoms with van der Waals surface area (Å²) in [6.07, 6.45) is 1.75. The highest BCUT2D eigenvalue weighted by atomic mass is 32.2. The molecule has 0 aliphatic carbocycles. The van der Waals surface area contributed by atoms with Crippen molar-refractivity contribution in [1.29, 1.82) is 0 Å². The first-order valence-electron chi connectivity index (χ1n) is 10.3. The largest absolute Gasteiger partial charge is 0.487 e. The van der Waals surface area contributed by atoms with E-state index in [-0.39, 0.29) is 22.8 Å². The lowest BCUT2D eigenvalue weighted by Gasteiger charge is -2.39. The van der Waals surface area contributed by atoms with Crippen LogP contribution in [0.3, 0.4) is 0 Å². The van der Waals surface area contributed by atoms with E-state index in [4.69, 9.17) is 9.47 Å². The molecule has 2 N–H and O–H groups in total. The van der Waals surface area contributed by atoms with Crippen molar-refractivity contribution in [1.82, 2.24) is 15.5 Å². The van der Waals surface area contributed by atoms with Gasteiger partial charge >= 0.3 is 6.09 Å². The summed E-state index contributed by atoms with van der Waals surface area (Å²) in [6.45, 7) is 11.2. The molecule has 0 saturated carbocycles. The molecule has 2 aliphatic rings. The number of imide groups is 1. The maximum Gasteiger partial charge on any atom is 0.416 e. The van der Waals surface area contributed by atoms with E-state index >= 15 is 0 Å². The molecule has 3 amide bonds. The average molecular weight is 448 g/mol. The first kappa shape index (κ1) is 23.1. The lowest BCUT2D eigenvalue weighted by Crippen LogP contribution is -2.53. The van der Waals surface area contributed by atoms with Crippen LogP contribution in [-0.2, 0) is 4.79 Å². The molecule has 2 heterocycles. The smallest absolute Gasteiger partial charge is 0.416 e. The Morgan fingerprint density at radius 2 is 2.03 bits per heavy atom. The number of ether oxygens (including phenoxy) is 2. The van der Waals surface area contributed by atoms with Crippen molar-refractivity contribution in [3.8, 4) is 11.5 Å². The van der Waals surface area contributed by atoms with Gasteiger partial charge < -0.3 is 14.8 Å². The summed E-state index contributed by atoms with van der Waals surface area (Å²) < 4.78 is 11.8. The fourth-order valence-corrected chi connectivity index (χ4v) is 4.30. The lowest BCUT2D eigenvalue weighted by atomic mass is 10.0. The normalized spacial score (nSPS) is 20.3. The number of para-hydroxylation sites is 1. The average Bonchev–Trinajstić information content (AvgIpc) is 3.26. The second kappa shape index (κ2) is 9.32. The molecule has 0 bridgehead atoms. The minimum Gasteiger partial charge on any atom is -0.487 e. The third kappa shape index (κ3) is 5.59. The topological polar surface area (TPSA) is 97.0 Å². The van der Waals surface area contributed by atoms with E-state index in [0.717, 1.165) is 24.7 Å². The van der Waals surface area contributed by atoms with Gasteiger partial charge in [-0.3, -0.25) is 19.8 Å². The molecule has 0 spiro atoms. The number of carbonyl (C=O) groups is 3. The van der Waals surface area contributed by atoms with Crippen LogP contribution in [0, 0.1) is 0 Å².